The minimum absolute atomic E-state index is 0.133. The third-order valence-corrected chi connectivity index (χ3v) is 6.04. The number of hydrogen-bond donors (Lipinski definition) is 1. The van der Waals surface area contributed by atoms with Gasteiger partial charge < -0.3 is 14.8 Å². The summed E-state index contributed by atoms with van der Waals surface area (Å²) in [6.07, 6.45) is 5.57. The molecule has 3 nitrogen and oxygen atoms in total. The quantitative estimate of drug-likeness (QED) is 0.514. The summed E-state index contributed by atoms with van der Waals surface area (Å²) >= 11 is 12.8. The van der Waals surface area contributed by atoms with Crippen LogP contribution in [0.5, 0.6) is 5.75 Å². The van der Waals surface area contributed by atoms with E-state index in [4.69, 9.17) is 32.7 Å². The van der Waals surface area contributed by atoms with Gasteiger partial charge in [-0.1, -0.05) is 47.5 Å². The Hall–Kier alpha value is -1.68. The summed E-state index contributed by atoms with van der Waals surface area (Å²) in [5, 5.41) is 4.92. The molecule has 4 rings (SSSR count). The molecular weight excluding hydrogens is 369 g/mol. The van der Waals surface area contributed by atoms with Crippen molar-refractivity contribution in [1.82, 2.24) is 0 Å². The summed E-state index contributed by atoms with van der Waals surface area (Å²) in [4.78, 5) is 0. The highest BCUT2D eigenvalue weighted by molar-refractivity contribution is 6.42. The van der Waals surface area contributed by atoms with Crippen molar-refractivity contribution in [2.75, 3.05) is 25.6 Å². The molecule has 0 fully saturated rings. The second-order valence-electron chi connectivity index (χ2n) is 6.71. The maximum absolute atomic E-state index is 6.52. The summed E-state index contributed by atoms with van der Waals surface area (Å²) in [7, 11) is 1.68. The lowest BCUT2D eigenvalue weighted by molar-refractivity contribution is 0.146. The Balaban J connectivity index is 1.67. The molecule has 0 radical (unpaired) electrons. The van der Waals surface area contributed by atoms with E-state index in [1.54, 1.807) is 7.11 Å². The van der Waals surface area contributed by atoms with Gasteiger partial charge in [-0.2, -0.15) is 0 Å². The van der Waals surface area contributed by atoms with Crippen LogP contribution in [0.4, 0.5) is 5.69 Å². The number of ether oxygens (including phenoxy) is 2. The van der Waals surface area contributed by atoms with Crippen molar-refractivity contribution in [3.63, 3.8) is 0 Å². The van der Waals surface area contributed by atoms with Crippen molar-refractivity contribution in [1.29, 1.82) is 0 Å². The van der Waals surface area contributed by atoms with Gasteiger partial charge in [0.05, 0.1) is 22.7 Å². The number of fused-ring (bicyclic) bond motifs is 3. The number of halogens is 2. The molecule has 136 valence electrons. The first kappa shape index (κ1) is 17.7. The predicted molar refractivity (Wildman–Crippen MR) is 107 cm³/mol. The molecule has 0 aromatic heterocycles. The number of benzene rings is 2. The van der Waals surface area contributed by atoms with Crippen LogP contribution in [0.2, 0.25) is 10.0 Å². The maximum atomic E-state index is 6.52. The van der Waals surface area contributed by atoms with Gasteiger partial charge in [-0.3, -0.25) is 0 Å². The molecule has 3 unspecified atom stereocenters. The van der Waals surface area contributed by atoms with E-state index in [0.29, 0.717) is 35.1 Å². The Morgan fingerprint density at radius 1 is 1.12 bits per heavy atom. The SMILES string of the molecule is COCCOc1ccc2c(c1)C1C=CCC1C(c1cccc(Cl)c1Cl)N2. The van der Waals surface area contributed by atoms with E-state index in [1.807, 2.05) is 18.2 Å². The minimum Gasteiger partial charge on any atom is -0.491 e. The van der Waals surface area contributed by atoms with Gasteiger partial charge >= 0.3 is 0 Å². The molecule has 2 aromatic carbocycles. The molecule has 1 heterocycles. The Bertz CT molecular complexity index is 837. The fraction of sp³-hybridized carbons (Fsp3) is 0.333. The normalized spacial score (nSPS) is 23.3. The molecule has 0 spiro atoms. The smallest absolute Gasteiger partial charge is 0.119 e. The molecule has 26 heavy (non-hydrogen) atoms. The summed E-state index contributed by atoms with van der Waals surface area (Å²) in [6.45, 7) is 1.13. The largest absolute Gasteiger partial charge is 0.491 e. The van der Waals surface area contributed by atoms with Crippen LogP contribution in [-0.2, 0) is 4.74 Å². The molecule has 2 aromatic rings. The van der Waals surface area contributed by atoms with E-state index in [0.717, 1.165) is 23.4 Å². The molecule has 0 bridgehead atoms. The highest BCUT2D eigenvalue weighted by atomic mass is 35.5. The van der Waals surface area contributed by atoms with E-state index in [-0.39, 0.29) is 6.04 Å². The third-order valence-electron chi connectivity index (χ3n) is 5.21. The van der Waals surface area contributed by atoms with Crippen molar-refractivity contribution in [2.24, 2.45) is 5.92 Å². The summed E-state index contributed by atoms with van der Waals surface area (Å²) in [5.74, 6) is 1.63. The van der Waals surface area contributed by atoms with Crippen molar-refractivity contribution in [3.8, 4) is 5.75 Å². The van der Waals surface area contributed by atoms with Crippen LogP contribution in [0.1, 0.15) is 29.5 Å². The number of hydrogen-bond acceptors (Lipinski definition) is 3. The van der Waals surface area contributed by atoms with Crippen LogP contribution >= 0.6 is 23.2 Å². The average Bonchev–Trinajstić information content (AvgIpc) is 3.14. The topological polar surface area (TPSA) is 30.5 Å². The monoisotopic (exact) mass is 389 g/mol. The highest BCUT2D eigenvalue weighted by Gasteiger charge is 2.39. The minimum atomic E-state index is 0.133. The fourth-order valence-corrected chi connectivity index (χ4v) is 4.40. The van der Waals surface area contributed by atoms with Gasteiger partial charge in [0.1, 0.15) is 12.4 Å². The maximum Gasteiger partial charge on any atom is 0.119 e. The molecule has 0 saturated heterocycles. The molecule has 0 amide bonds. The van der Waals surface area contributed by atoms with Gasteiger partial charge in [0, 0.05) is 18.7 Å². The molecule has 2 aliphatic rings. The standard InChI is InChI=1S/C21H21Cl2NO2/c1-25-10-11-26-13-8-9-19-17(12-13)14-4-2-5-15(14)21(24-19)16-6-3-7-18(22)20(16)23/h2-4,6-9,12,14-15,21,24H,5,10-11H2,1H3. The van der Waals surface area contributed by atoms with Crippen molar-refractivity contribution in [2.45, 2.75) is 18.4 Å². The Labute approximate surface area is 163 Å². The van der Waals surface area contributed by atoms with Crippen molar-refractivity contribution in [3.05, 3.63) is 69.7 Å². The summed E-state index contributed by atoms with van der Waals surface area (Å²) < 4.78 is 10.8. The molecule has 1 N–H and O–H groups in total. The summed E-state index contributed by atoms with van der Waals surface area (Å²) in [5.41, 5.74) is 3.45. The molecular formula is C21H21Cl2NO2. The summed E-state index contributed by atoms with van der Waals surface area (Å²) in [6, 6.07) is 12.2. The number of rotatable bonds is 5. The van der Waals surface area contributed by atoms with Crippen LogP contribution in [0, 0.1) is 5.92 Å². The second kappa shape index (κ2) is 7.51. The Kier molecular flexibility index (Phi) is 5.12. The van der Waals surface area contributed by atoms with Gasteiger partial charge in [-0.05, 0) is 47.7 Å². The number of allylic oxidation sites excluding steroid dienone is 2. The third kappa shape index (κ3) is 3.20. The van der Waals surface area contributed by atoms with Crippen LogP contribution in [-0.4, -0.2) is 20.3 Å². The predicted octanol–water partition coefficient (Wildman–Crippen LogP) is 5.85. The van der Waals surface area contributed by atoms with Crippen molar-refractivity contribution < 1.29 is 9.47 Å². The Morgan fingerprint density at radius 2 is 2.00 bits per heavy atom. The first-order chi connectivity index (χ1) is 12.7. The molecule has 1 aliphatic carbocycles. The van der Waals surface area contributed by atoms with Crippen molar-refractivity contribution >= 4 is 28.9 Å². The fourth-order valence-electron chi connectivity index (χ4n) is 3.97. The highest BCUT2D eigenvalue weighted by Crippen LogP contribution is 2.51. The van der Waals surface area contributed by atoms with E-state index in [9.17, 15) is 0 Å². The van der Waals surface area contributed by atoms with E-state index >= 15 is 0 Å². The van der Waals surface area contributed by atoms with Crippen LogP contribution < -0.4 is 10.1 Å². The number of methoxy groups -OCH3 is 1. The van der Waals surface area contributed by atoms with E-state index in [2.05, 4.69) is 35.7 Å². The number of nitrogens with one attached hydrogen (secondary N) is 1. The van der Waals surface area contributed by atoms with Gasteiger partial charge in [0.2, 0.25) is 0 Å². The first-order valence-corrected chi connectivity index (χ1v) is 9.57. The number of anilines is 1. The lowest BCUT2D eigenvalue weighted by atomic mass is 9.77. The van der Waals surface area contributed by atoms with Gasteiger partial charge in [-0.15, -0.1) is 0 Å². The van der Waals surface area contributed by atoms with E-state index in [1.165, 1.54) is 5.56 Å². The second-order valence-corrected chi connectivity index (χ2v) is 7.49. The molecule has 3 atom stereocenters. The zero-order valence-electron chi connectivity index (χ0n) is 14.5. The van der Waals surface area contributed by atoms with Crippen LogP contribution in [0.25, 0.3) is 0 Å². The van der Waals surface area contributed by atoms with Crippen LogP contribution in [0.15, 0.2) is 48.6 Å². The van der Waals surface area contributed by atoms with Crippen LogP contribution in [0.3, 0.4) is 0 Å². The van der Waals surface area contributed by atoms with Gasteiger partial charge in [0.25, 0.3) is 0 Å². The van der Waals surface area contributed by atoms with E-state index < -0.39 is 0 Å². The molecule has 5 heteroatoms. The first-order valence-electron chi connectivity index (χ1n) is 8.82. The lowest BCUT2D eigenvalue weighted by Crippen LogP contribution is -2.29. The zero-order chi connectivity index (χ0) is 18.1. The Morgan fingerprint density at radius 3 is 2.85 bits per heavy atom. The zero-order valence-corrected chi connectivity index (χ0v) is 16.1. The molecule has 0 saturated carbocycles. The van der Waals surface area contributed by atoms with Gasteiger partial charge in [-0.25, -0.2) is 0 Å². The average molecular weight is 390 g/mol. The lowest BCUT2D eigenvalue weighted by Gasteiger charge is -2.38. The van der Waals surface area contributed by atoms with Gasteiger partial charge in [0.15, 0.2) is 0 Å². The molecule has 1 aliphatic heterocycles.